The molecular weight excluding hydrogens is 471 g/mol. The second kappa shape index (κ2) is 9.23. The Labute approximate surface area is 210 Å². The lowest BCUT2D eigenvalue weighted by molar-refractivity contribution is -0.116. The maximum atomic E-state index is 15.1. The first-order valence-electron chi connectivity index (χ1n) is 11.8. The lowest BCUT2D eigenvalue weighted by atomic mass is 10.0. The van der Waals surface area contributed by atoms with E-state index in [0.29, 0.717) is 51.4 Å². The van der Waals surface area contributed by atoms with Crippen molar-refractivity contribution in [2.45, 2.75) is 19.8 Å². The van der Waals surface area contributed by atoms with Crippen molar-refractivity contribution in [2.24, 2.45) is 0 Å². The highest BCUT2D eigenvalue weighted by Gasteiger charge is 2.18. The molecule has 0 saturated carbocycles. The molecule has 0 unspecified atom stereocenters. The van der Waals surface area contributed by atoms with Crippen molar-refractivity contribution in [3.63, 3.8) is 0 Å². The van der Waals surface area contributed by atoms with E-state index in [4.69, 9.17) is 4.98 Å². The normalized spacial score (nSPS) is 11.3. The van der Waals surface area contributed by atoms with Gasteiger partial charge in [-0.25, -0.2) is 9.37 Å². The molecule has 6 rings (SSSR count). The second-order valence-electron chi connectivity index (χ2n) is 8.60. The largest absolute Gasteiger partial charge is 0.337 e. The van der Waals surface area contributed by atoms with Gasteiger partial charge in [-0.15, -0.1) is 0 Å². The third-order valence-electron chi connectivity index (χ3n) is 6.02. The highest BCUT2D eigenvalue weighted by Crippen LogP contribution is 2.34. The summed E-state index contributed by atoms with van der Waals surface area (Å²) >= 11 is 0. The topological polar surface area (TPSA) is 125 Å². The van der Waals surface area contributed by atoms with Gasteiger partial charge in [-0.05, 0) is 48.4 Å². The Kier molecular flexibility index (Phi) is 5.61. The Morgan fingerprint density at radius 3 is 2.73 bits per heavy atom. The highest BCUT2D eigenvalue weighted by atomic mass is 19.1. The summed E-state index contributed by atoms with van der Waals surface area (Å²) in [6, 6.07) is 10.6. The number of halogens is 1. The molecule has 9 nitrogen and oxygen atoms in total. The number of fused-ring (bicyclic) bond motifs is 2. The first-order valence-corrected chi connectivity index (χ1v) is 11.8. The van der Waals surface area contributed by atoms with Crippen LogP contribution in [0.1, 0.15) is 19.8 Å². The van der Waals surface area contributed by atoms with E-state index in [9.17, 15) is 4.79 Å². The van der Waals surface area contributed by atoms with Crippen molar-refractivity contribution in [3.05, 3.63) is 73.2 Å². The zero-order chi connectivity index (χ0) is 25.4. The van der Waals surface area contributed by atoms with Gasteiger partial charge in [0.2, 0.25) is 5.91 Å². The minimum atomic E-state index is -0.482. The first-order chi connectivity index (χ1) is 18.1. The first kappa shape index (κ1) is 22.5. The number of pyridine rings is 3. The average Bonchev–Trinajstić information content (AvgIpc) is 3.54. The third-order valence-corrected chi connectivity index (χ3v) is 6.02. The molecule has 0 aliphatic heterocycles. The number of nitrogens with one attached hydrogen (secondary N) is 3. The van der Waals surface area contributed by atoms with E-state index >= 15 is 4.39 Å². The molecule has 3 N–H and O–H groups in total. The van der Waals surface area contributed by atoms with Gasteiger partial charge in [-0.3, -0.25) is 24.8 Å². The molecule has 5 aromatic heterocycles. The smallest absolute Gasteiger partial charge is 0.224 e. The van der Waals surface area contributed by atoms with Crippen LogP contribution < -0.4 is 5.32 Å². The number of H-pyrrole nitrogens is 2. The Balaban J connectivity index is 1.43. The fourth-order valence-corrected chi connectivity index (χ4v) is 4.31. The molecule has 1 amide bonds. The molecule has 0 aliphatic carbocycles. The average molecular weight is 493 g/mol. The summed E-state index contributed by atoms with van der Waals surface area (Å²) in [4.78, 5) is 33.0. The fraction of sp³-hybridized carbons (Fsp3) is 0.111. The summed E-state index contributed by atoms with van der Waals surface area (Å²) in [5.74, 6) is -0.0691. The number of hydrogen-bond donors (Lipinski definition) is 3. The monoisotopic (exact) mass is 492 g/mol. The standard InChI is InChI=1S/C27H21FN8O/c1-2-4-22(37)32-18-9-17(13-30-14-18)16-10-19-24(20(28)11-16)35-36-25(19)27-33-21-6-8-31-23(26(21)34-27)15-5-3-7-29-12-15/h3,5-14H,2,4H2,1H3,(H,32,37)(H,33,34)(H,35,36). The molecule has 5 heterocycles. The minimum Gasteiger partial charge on any atom is -0.337 e. The number of amides is 1. The van der Waals surface area contributed by atoms with Crippen LogP contribution in [0, 0.1) is 5.82 Å². The zero-order valence-corrected chi connectivity index (χ0v) is 19.8. The van der Waals surface area contributed by atoms with E-state index in [2.05, 4.69) is 35.5 Å². The van der Waals surface area contributed by atoms with Crippen molar-refractivity contribution >= 4 is 33.5 Å². The van der Waals surface area contributed by atoms with Crippen LogP contribution in [-0.2, 0) is 4.79 Å². The maximum absolute atomic E-state index is 15.1. The van der Waals surface area contributed by atoms with E-state index in [1.807, 2.05) is 31.2 Å². The fourth-order valence-electron chi connectivity index (χ4n) is 4.31. The van der Waals surface area contributed by atoms with Crippen molar-refractivity contribution < 1.29 is 9.18 Å². The van der Waals surface area contributed by atoms with Crippen molar-refractivity contribution in [1.82, 2.24) is 35.1 Å². The summed E-state index contributed by atoms with van der Waals surface area (Å²) in [5, 5.41) is 10.5. The van der Waals surface area contributed by atoms with E-state index in [0.717, 1.165) is 17.5 Å². The third kappa shape index (κ3) is 4.18. The van der Waals surface area contributed by atoms with Gasteiger partial charge in [0, 0.05) is 47.7 Å². The number of imidazole rings is 1. The zero-order valence-electron chi connectivity index (χ0n) is 19.8. The Bertz CT molecular complexity index is 1760. The van der Waals surface area contributed by atoms with Gasteiger partial charge in [-0.2, -0.15) is 5.10 Å². The van der Waals surface area contributed by atoms with Crippen LogP contribution in [0.3, 0.4) is 0 Å². The molecule has 0 bridgehead atoms. The van der Waals surface area contributed by atoms with Gasteiger partial charge in [0.15, 0.2) is 11.6 Å². The number of rotatable bonds is 6. The Morgan fingerprint density at radius 2 is 1.89 bits per heavy atom. The predicted molar refractivity (Wildman–Crippen MR) is 139 cm³/mol. The number of carbonyl (C=O) groups excluding carboxylic acids is 1. The van der Waals surface area contributed by atoms with Crippen LogP contribution in [0.5, 0.6) is 0 Å². The van der Waals surface area contributed by atoms with Crippen molar-refractivity contribution in [2.75, 3.05) is 5.32 Å². The molecule has 0 atom stereocenters. The van der Waals surface area contributed by atoms with E-state index in [-0.39, 0.29) is 11.4 Å². The lowest BCUT2D eigenvalue weighted by Crippen LogP contribution is -2.10. The van der Waals surface area contributed by atoms with E-state index in [1.165, 1.54) is 6.07 Å². The van der Waals surface area contributed by atoms with Crippen LogP contribution in [0.2, 0.25) is 0 Å². The number of benzene rings is 1. The van der Waals surface area contributed by atoms with E-state index < -0.39 is 5.82 Å². The van der Waals surface area contributed by atoms with Crippen LogP contribution >= 0.6 is 0 Å². The van der Waals surface area contributed by atoms with Gasteiger partial charge in [0.05, 0.1) is 23.1 Å². The number of hydrogen-bond acceptors (Lipinski definition) is 6. The van der Waals surface area contributed by atoms with Gasteiger partial charge in [0.1, 0.15) is 16.7 Å². The SMILES string of the molecule is CCCC(=O)Nc1cncc(-c2cc(F)c3n[nH]c(-c4nc5c(-c6cccnc6)nccc5[nH]4)c3c2)c1. The highest BCUT2D eigenvalue weighted by molar-refractivity contribution is 5.98. The molecule has 0 radical (unpaired) electrons. The summed E-state index contributed by atoms with van der Waals surface area (Å²) in [6.45, 7) is 1.94. The molecular formula is C27H21FN8O. The molecule has 37 heavy (non-hydrogen) atoms. The molecule has 0 fully saturated rings. The Morgan fingerprint density at radius 1 is 1.00 bits per heavy atom. The van der Waals surface area contributed by atoms with Crippen molar-refractivity contribution in [3.8, 4) is 33.9 Å². The quantitative estimate of drug-likeness (QED) is 0.282. The molecule has 1 aromatic carbocycles. The number of aromatic amines is 2. The molecule has 182 valence electrons. The molecule has 0 aliphatic rings. The summed E-state index contributed by atoms with van der Waals surface area (Å²) in [5.41, 5.74) is 5.54. The predicted octanol–water partition coefficient (Wildman–Crippen LogP) is 5.50. The summed E-state index contributed by atoms with van der Waals surface area (Å²) < 4.78 is 15.1. The minimum absolute atomic E-state index is 0.0924. The molecule has 10 heteroatoms. The van der Waals surface area contributed by atoms with Gasteiger partial charge in [-0.1, -0.05) is 6.92 Å². The van der Waals surface area contributed by atoms with Crippen LogP contribution in [-0.4, -0.2) is 41.0 Å². The number of carbonyl (C=O) groups is 1. The molecule has 0 saturated heterocycles. The second-order valence-corrected chi connectivity index (χ2v) is 8.60. The summed E-state index contributed by atoms with van der Waals surface area (Å²) in [6.07, 6.45) is 9.49. The van der Waals surface area contributed by atoms with Crippen LogP contribution in [0.15, 0.2) is 67.4 Å². The van der Waals surface area contributed by atoms with Gasteiger partial charge < -0.3 is 10.3 Å². The number of aromatic nitrogens is 7. The number of nitrogens with zero attached hydrogens (tertiary/aromatic N) is 5. The van der Waals surface area contributed by atoms with Gasteiger partial charge >= 0.3 is 0 Å². The maximum Gasteiger partial charge on any atom is 0.224 e. The molecule has 0 spiro atoms. The van der Waals surface area contributed by atoms with Crippen LogP contribution in [0.25, 0.3) is 55.8 Å². The van der Waals surface area contributed by atoms with Crippen LogP contribution in [0.4, 0.5) is 10.1 Å². The summed E-state index contributed by atoms with van der Waals surface area (Å²) in [7, 11) is 0. The van der Waals surface area contributed by atoms with Crippen molar-refractivity contribution in [1.29, 1.82) is 0 Å². The molecule has 6 aromatic rings. The lowest BCUT2D eigenvalue weighted by Gasteiger charge is -2.07. The number of anilines is 1. The van der Waals surface area contributed by atoms with E-state index in [1.54, 1.807) is 37.1 Å². The van der Waals surface area contributed by atoms with Gasteiger partial charge in [0.25, 0.3) is 0 Å². The Hall–Kier alpha value is -4.99.